The summed E-state index contributed by atoms with van der Waals surface area (Å²) in [5.74, 6) is 0. The van der Waals surface area contributed by atoms with E-state index in [1.807, 2.05) is 34.6 Å². The van der Waals surface area contributed by atoms with Crippen molar-refractivity contribution >= 4 is 7.12 Å². The third kappa shape index (κ3) is 1.83. The molecule has 0 radical (unpaired) electrons. The van der Waals surface area contributed by atoms with E-state index in [0.717, 1.165) is 0 Å². The Hall–Kier alpha value is -0.0551. The van der Waals surface area contributed by atoms with E-state index in [4.69, 9.17) is 9.31 Å². The molecule has 0 amide bonds. The van der Waals surface area contributed by atoms with Gasteiger partial charge in [0.05, 0.1) is 16.7 Å². The van der Waals surface area contributed by atoms with E-state index in [9.17, 15) is 5.11 Å². The van der Waals surface area contributed by atoms with Crippen LogP contribution in [-0.4, -0.2) is 28.9 Å². The van der Waals surface area contributed by atoms with Crippen LogP contribution in [0.1, 0.15) is 48.0 Å². The second kappa shape index (κ2) is 3.22. The van der Waals surface area contributed by atoms with E-state index >= 15 is 0 Å². The Morgan fingerprint density at radius 2 is 1.50 bits per heavy atom. The van der Waals surface area contributed by atoms with Gasteiger partial charge in [-0.2, -0.15) is 0 Å². The first-order valence-electron chi connectivity index (χ1n) is 5.20. The van der Waals surface area contributed by atoms with Crippen molar-refractivity contribution < 1.29 is 14.4 Å². The molecule has 0 aliphatic carbocycles. The van der Waals surface area contributed by atoms with Crippen LogP contribution >= 0.6 is 0 Å². The highest BCUT2D eigenvalue weighted by Gasteiger charge is 2.57. The fraction of sp³-hybridized carbons (Fsp3) is 1.00. The Kier molecular flexibility index (Phi) is 2.77. The van der Waals surface area contributed by atoms with Crippen LogP contribution in [0.25, 0.3) is 0 Å². The maximum atomic E-state index is 10.0. The molecular weight excluding hydrogens is 179 g/mol. The standard InChI is InChI=1S/C10H21BO3/c1-7-10(6,12)11-13-8(2,3)9(4,5)14-11/h12H,7H2,1-6H3. The first-order chi connectivity index (χ1) is 6.12. The molecule has 1 atom stereocenters. The lowest BCUT2D eigenvalue weighted by Gasteiger charge is -2.32. The number of rotatable bonds is 2. The lowest BCUT2D eigenvalue weighted by molar-refractivity contribution is 0.00578. The van der Waals surface area contributed by atoms with Crippen molar-refractivity contribution in [1.82, 2.24) is 0 Å². The van der Waals surface area contributed by atoms with Crippen LogP contribution in [0.2, 0.25) is 0 Å². The number of hydrogen-bond donors (Lipinski definition) is 1. The molecular formula is C10H21BO3. The molecule has 1 fully saturated rings. The second-order valence-corrected chi connectivity index (χ2v) is 5.30. The molecule has 0 aromatic rings. The molecule has 4 heteroatoms. The fourth-order valence-electron chi connectivity index (χ4n) is 1.26. The third-order valence-electron chi connectivity index (χ3n) is 3.48. The maximum absolute atomic E-state index is 10.0. The van der Waals surface area contributed by atoms with Crippen LogP contribution in [0.5, 0.6) is 0 Å². The predicted octanol–water partition coefficient (Wildman–Crippen LogP) is 1.78. The molecule has 0 saturated carbocycles. The van der Waals surface area contributed by atoms with E-state index in [0.29, 0.717) is 6.42 Å². The highest BCUT2D eigenvalue weighted by Crippen LogP contribution is 2.39. The largest absolute Gasteiger partial charge is 0.491 e. The molecule has 1 saturated heterocycles. The van der Waals surface area contributed by atoms with Gasteiger partial charge in [-0.05, 0) is 41.0 Å². The molecule has 0 bridgehead atoms. The Balaban J connectivity index is 2.83. The van der Waals surface area contributed by atoms with Crippen molar-refractivity contribution in [3.8, 4) is 0 Å². The molecule has 14 heavy (non-hydrogen) atoms. The molecule has 0 spiro atoms. The minimum atomic E-state index is -0.912. The quantitative estimate of drug-likeness (QED) is 0.690. The van der Waals surface area contributed by atoms with E-state index in [-0.39, 0.29) is 11.2 Å². The minimum absolute atomic E-state index is 0.364. The highest BCUT2D eigenvalue weighted by atomic mass is 16.7. The lowest BCUT2D eigenvalue weighted by atomic mass is 9.67. The van der Waals surface area contributed by atoms with Gasteiger partial charge in [0, 0.05) is 0 Å². The van der Waals surface area contributed by atoms with Gasteiger partial charge in [-0.3, -0.25) is 0 Å². The third-order valence-corrected chi connectivity index (χ3v) is 3.48. The summed E-state index contributed by atoms with van der Waals surface area (Å²) in [6.45, 7) is 11.6. The summed E-state index contributed by atoms with van der Waals surface area (Å²) in [5, 5.41) is 10.0. The smallest absolute Gasteiger partial charge is 0.401 e. The Morgan fingerprint density at radius 1 is 1.14 bits per heavy atom. The van der Waals surface area contributed by atoms with Gasteiger partial charge in [-0.1, -0.05) is 6.92 Å². The SMILES string of the molecule is CCC(C)(O)B1OC(C)(C)C(C)(C)O1. The van der Waals surface area contributed by atoms with E-state index in [1.165, 1.54) is 0 Å². The Bertz CT molecular complexity index is 207. The average molecular weight is 200 g/mol. The zero-order valence-corrected chi connectivity index (χ0v) is 10.0. The van der Waals surface area contributed by atoms with E-state index < -0.39 is 12.6 Å². The van der Waals surface area contributed by atoms with Crippen LogP contribution < -0.4 is 0 Å². The number of aliphatic hydroxyl groups is 1. The van der Waals surface area contributed by atoms with E-state index in [1.54, 1.807) is 6.92 Å². The van der Waals surface area contributed by atoms with Gasteiger partial charge in [0.1, 0.15) is 0 Å². The van der Waals surface area contributed by atoms with Crippen molar-refractivity contribution in [1.29, 1.82) is 0 Å². The summed E-state index contributed by atoms with van der Waals surface area (Å²) in [6, 6.07) is 0. The van der Waals surface area contributed by atoms with Crippen molar-refractivity contribution in [2.24, 2.45) is 0 Å². The summed E-state index contributed by atoms with van der Waals surface area (Å²) in [6.07, 6.45) is 0.615. The van der Waals surface area contributed by atoms with Crippen molar-refractivity contribution in [2.75, 3.05) is 0 Å². The Morgan fingerprint density at radius 3 is 1.79 bits per heavy atom. The summed E-state index contributed by atoms with van der Waals surface area (Å²) < 4.78 is 11.5. The summed E-state index contributed by atoms with van der Waals surface area (Å²) >= 11 is 0. The minimum Gasteiger partial charge on any atom is -0.401 e. The van der Waals surface area contributed by atoms with E-state index in [2.05, 4.69) is 0 Å². The van der Waals surface area contributed by atoms with Crippen LogP contribution in [0, 0.1) is 0 Å². The lowest BCUT2D eigenvalue weighted by Crippen LogP contribution is -2.45. The summed E-state index contributed by atoms with van der Waals surface area (Å²) in [4.78, 5) is 0. The van der Waals surface area contributed by atoms with Gasteiger partial charge in [0.25, 0.3) is 0 Å². The van der Waals surface area contributed by atoms with Gasteiger partial charge < -0.3 is 14.4 Å². The van der Waals surface area contributed by atoms with Gasteiger partial charge in [-0.15, -0.1) is 0 Å². The highest BCUT2D eigenvalue weighted by molar-refractivity contribution is 6.49. The molecule has 1 rings (SSSR count). The fourth-order valence-corrected chi connectivity index (χ4v) is 1.26. The zero-order chi connectivity index (χ0) is 11.2. The van der Waals surface area contributed by atoms with Crippen LogP contribution in [0.4, 0.5) is 0 Å². The molecule has 1 aliphatic heterocycles. The molecule has 1 unspecified atom stereocenters. The maximum Gasteiger partial charge on any atom is 0.491 e. The van der Waals surface area contributed by atoms with Gasteiger partial charge in [0.2, 0.25) is 0 Å². The molecule has 0 aromatic carbocycles. The topological polar surface area (TPSA) is 38.7 Å². The van der Waals surface area contributed by atoms with Gasteiger partial charge in [-0.25, -0.2) is 0 Å². The average Bonchev–Trinajstić information content (AvgIpc) is 2.22. The zero-order valence-electron chi connectivity index (χ0n) is 10.0. The molecule has 82 valence electrons. The predicted molar refractivity (Wildman–Crippen MR) is 57.0 cm³/mol. The van der Waals surface area contributed by atoms with Gasteiger partial charge >= 0.3 is 7.12 Å². The molecule has 1 N–H and O–H groups in total. The van der Waals surface area contributed by atoms with Crippen LogP contribution in [0.15, 0.2) is 0 Å². The first-order valence-corrected chi connectivity index (χ1v) is 5.20. The van der Waals surface area contributed by atoms with Crippen molar-refractivity contribution in [3.63, 3.8) is 0 Å². The van der Waals surface area contributed by atoms with Gasteiger partial charge in [0.15, 0.2) is 0 Å². The second-order valence-electron chi connectivity index (χ2n) is 5.30. The first kappa shape index (κ1) is 12.0. The normalized spacial score (nSPS) is 28.9. The molecule has 0 aromatic heterocycles. The molecule has 1 aliphatic rings. The van der Waals surface area contributed by atoms with Crippen molar-refractivity contribution in [2.45, 2.75) is 64.7 Å². The summed E-state index contributed by atoms with van der Waals surface area (Å²) in [7, 11) is -0.530. The number of hydrogen-bond acceptors (Lipinski definition) is 3. The monoisotopic (exact) mass is 200 g/mol. The Labute approximate surface area is 86.9 Å². The summed E-state index contributed by atoms with van der Waals surface area (Å²) in [5.41, 5.74) is -1.64. The molecule has 1 heterocycles. The van der Waals surface area contributed by atoms with Crippen LogP contribution in [0.3, 0.4) is 0 Å². The van der Waals surface area contributed by atoms with Crippen LogP contribution in [-0.2, 0) is 9.31 Å². The van der Waals surface area contributed by atoms with Crippen molar-refractivity contribution in [3.05, 3.63) is 0 Å². The molecule has 3 nitrogen and oxygen atoms in total.